The van der Waals surface area contributed by atoms with Gasteiger partial charge in [0.2, 0.25) is 12.0 Å². The van der Waals surface area contributed by atoms with E-state index in [0.717, 1.165) is 0 Å². The Morgan fingerprint density at radius 3 is 2.59 bits per heavy atom. The van der Waals surface area contributed by atoms with Gasteiger partial charge in [-0.15, -0.1) is 0 Å². The van der Waals surface area contributed by atoms with Gasteiger partial charge in [-0.3, -0.25) is 0 Å². The molecule has 0 fully saturated rings. The first-order chi connectivity index (χ1) is 7.71. The maximum Gasteiger partial charge on any atom is 0.345 e. The number of carboxylic acid groups (broad SMARTS) is 1. The van der Waals surface area contributed by atoms with E-state index >= 15 is 0 Å². The Hall–Kier alpha value is -0.810. The van der Waals surface area contributed by atoms with Crippen LogP contribution in [0.2, 0.25) is 5.02 Å². The third-order valence-electron chi connectivity index (χ3n) is 2.01. The molecule has 1 rings (SSSR count). The van der Waals surface area contributed by atoms with Crippen LogP contribution >= 0.6 is 27.5 Å². The lowest BCUT2D eigenvalue weighted by Crippen LogP contribution is -2.39. The highest BCUT2D eigenvalue weighted by Gasteiger charge is 2.34. The number of hydrogen-bond acceptors (Lipinski definition) is 3. The molecule has 94 valence electrons. The van der Waals surface area contributed by atoms with Gasteiger partial charge in [-0.05, 0) is 22.0 Å². The minimum atomic E-state index is -1.03. The van der Waals surface area contributed by atoms with Crippen molar-refractivity contribution in [2.24, 2.45) is 5.41 Å². The first kappa shape index (κ1) is 14.3. The fourth-order valence-electron chi connectivity index (χ4n) is 1.20. The summed E-state index contributed by atoms with van der Waals surface area (Å²) in [5.74, 6) is -0.808. The molecular formula is C11H13BrClNO3. The second-order valence-electron chi connectivity index (χ2n) is 4.64. The molecule has 1 N–H and O–H groups in total. The normalized spacial score (nSPS) is 13.2. The maximum absolute atomic E-state index is 11.1. The number of hydrogen-bond donors (Lipinski definition) is 1. The van der Waals surface area contributed by atoms with Gasteiger partial charge in [-0.1, -0.05) is 32.4 Å². The van der Waals surface area contributed by atoms with Crippen molar-refractivity contribution in [2.75, 3.05) is 0 Å². The smallest absolute Gasteiger partial charge is 0.345 e. The Balaban J connectivity index is 2.98. The highest BCUT2D eigenvalue weighted by atomic mass is 79.9. The molecule has 1 aromatic rings. The summed E-state index contributed by atoms with van der Waals surface area (Å²) in [4.78, 5) is 15.1. The van der Waals surface area contributed by atoms with Crippen molar-refractivity contribution in [1.82, 2.24) is 4.98 Å². The number of rotatable bonds is 3. The largest absolute Gasteiger partial charge is 0.478 e. The summed E-state index contributed by atoms with van der Waals surface area (Å²) < 4.78 is 5.94. The molecule has 17 heavy (non-hydrogen) atoms. The molecule has 4 nitrogen and oxygen atoms in total. The third-order valence-corrected chi connectivity index (χ3v) is 2.79. The summed E-state index contributed by atoms with van der Waals surface area (Å²) in [7, 11) is 0. The van der Waals surface area contributed by atoms with Crippen LogP contribution in [0.4, 0.5) is 0 Å². The molecule has 1 atom stereocenters. The van der Waals surface area contributed by atoms with Crippen LogP contribution in [-0.4, -0.2) is 22.2 Å². The number of carbonyl (C=O) groups is 1. The van der Waals surface area contributed by atoms with Crippen LogP contribution in [0, 0.1) is 5.41 Å². The zero-order valence-corrected chi connectivity index (χ0v) is 12.0. The minimum Gasteiger partial charge on any atom is -0.478 e. The number of ether oxygens (including phenoxy) is 1. The summed E-state index contributed by atoms with van der Waals surface area (Å²) in [5.41, 5.74) is -0.535. The summed E-state index contributed by atoms with van der Waals surface area (Å²) in [6, 6.07) is 1.60. The molecule has 0 aliphatic rings. The number of halogens is 2. The quantitative estimate of drug-likeness (QED) is 0.927. The SMILES string of the molecule is CC(C)(C)C(Oc1ncc(Cl)cc1Br)C(=O)O. The van der Waals surface area contributed by atoms with Gasteiger partial charge in [0.1, 0.15) is 0 Å². The molecule has 0 aliphatic carbocycles. The van der Waals surface area contributed by atoms with E-state index in [2.05, 4.69) is 20.9 Å². The van der Waals surface area contributed by atoms with Gasteiger partial charge in [0.05, 0.1) is 9.50 Å². The number of carboxylic acids is 1. The second kappa shape index (κ2) is 5.23. The van der Waals surface area contributed by atoms with E-state index in [9.17, 15) is 4.79 Å². The predicted molar refractivity (Wildman–Crippen MR) is 68.5 cm³/mol. The van der Waals surface area contributed by atoms with Gasteiger partial charge in [-0.25, -0.2) is 9.78 Å². The summed E-state index contributed by atoms with van der Waals surface area (Å²) in [6.07, 6.45) is 0.427. The minimum absolute atomic E-state index is 0.219. The fraction of sp³-hybridized carbons (Fsp3) is 0.455. The third kappa shape index (κ3) is 3.85. The Labute approximate surface area is 113 Å². The summed E-state index contributed by atoms with van der Waals surface area (Å²) in [6.45, 7) is 5.36. The van der Waals surface area contributed by atoms with E-state index in [-0.39, 0.29) is 5.88 Å². The van der Waals surface area contributed by atoms with Crippen molar-refractivity contribution in [1.29, 1.82) is 0 Å². The molecule has 0 amide bonds. The van der Waals surface area contributed by atoms with Crippen LogP contribution in [0.3, 0.4) is 0 Å². The Morgan fingerprint density at radius 1 is 1.59 bits per heavy atom. The maximum atomic E-state index is 11.1. The summed E-state index contributed by atoms with van der Waals surface area (Å²) in [5, 5.41) is 9.57. The van der Waals surface area contributed by atoms with Gasteiger partial charge in [0.15, 0.2) is 0 Å². The highest BCUT2D eigenvalue weighted by Crippen LogP contribution is 2.30. The molecule has 0 radical (unpaired) electrons. The van der Waals surface area contributed by atoms with E-state index in [0.29, 0.717) is 9.50 Å². The average molecular weight is 323 g/mol. The molecule has 0 aliphatic heterocycles. The molecule has 1 unspecified atom stereocenters. The van der Waals surface area contributed by atoms with Crippen molar-refractivity contribution >= 4 is 33.5 Å². The van der Waals surface area contributed by atoms with Crippen molar-refractivity contribution in [3.05, 3.63) is 21.8 Å². The van der Waals surface area contributed by atoms with Gasteiger partial charge in [0, 0.05) is 11.6 Å². The topological polar surface area (TPSA) is 59.4 Å². The van der Waals surface area contributed by atoms with Crippen LogP contribution in [0.5, 0.6) is 5.88 Å². The van der Waals surface area contributed by atoms with E-state index < -0.39 is 17.5 Å². The average Bonchev–Trinajstić information content (AvgIpc) is 2.13. The molecule has 0 aromatic carbocycles. The number of pyridine rings is 1. The van der Waals surface area contributed by atoms with Gasteiger partial charge in [-0.2, -0.15) is 0 Å². The van der Waals surface area contributed by atoms with E-state index in [1.165, 1.54) is 6.20 Å². The molecule has 0 spiro atoms. The van der Waals surface area contributed by atoms with Crippen molar-refractivity contribution in [3.8, 4) is 5.88 Å². The number of aromatic nitrogens is 1. The summed E-state index contributed by atoms with van der Waals surface area (Å²) >= 11 is 8.97. The molecule has 0 saturated carbocycles. The zero-order chi connectivity index (χ0) is 13.2. The lowest BCUT2D eigenvalue weighted by molar-refractivity contribution is -0.150. The Bertz CT molecular complexity index is 431. The number of nitrogens with zero attached hydrogens (tertiary/aromatic N) is 1. The van der Waals surface area contributed by atoms with Crippen LogP contribution < -0.4 is 4.74 Å². The first-order valence-electron chi connectivity index (χ1n) is 4.92. The van der Waals surface area contributed by atoms with Gasteiger partial charge in [0.25, 0.3) is 0 Å². The zero-order valence-electron chi connectivity index (χ0n) is 9.70. The van der Waals surface area contributed by atoms with Crippen molar-refractivity contribution in [3.63, 3.8) is 0 Å². The highest BCUT2D eigenvalue weighted by molar-refractivity contribution is 9.10. The molecule has 1 heterocycles. The predicted octanol–water partition coefficient (Wildman–Crippen LogP) is 3.38. The molecule has 0 bridgehead atoms. The molecule has 0 saturated heterocycles. The van der Waals surface area contributed by atoms with Crippen LogP contribution in [0.25, 0.3) is 0 Å². The van der Waals surface area contributed by atoms with Gasteiger partial charge >= 0.3 is 5.97 Å². The Morgan fingerprint density at radius 2 is 2.18 bits per heavy atom. The molecule has 6 heteroatoms. The van der Waals surface area contributed by atoms with Gasteiger partial charge < -0.3 is 9.84 Å². The van der Waals surface area contributed by atoms with E-state index in [4.69, 9.17) is 21.4 Å². The Kier molecular flexibility index (Phi) is 4.38. The fourth-order valence-corrected chi connectivity index (χ4v) is 1.93. The van der Waals surface area contributed by atoms with E-state index in [1.807, 2.05) is 0 Å². The lowest BCUT2D eigenvalue weighted by atomic mass is 9.89. The lowest BCUT2D eigenvalue weighted by Gasteiger charge is -2.27. The van der Waals surface area contributed by atoms with Crippen LogP contribution in [0.1, 0.15) is 20.8 Å². The monoisotopic (exact) mass is 321 g/mol. The standard InChI is InChI=1S/C11H13BrClNO3/c1-11(2,3)8(10(15)16)17-9-7(12)4-6(13)5-14-9/h4-5,8H,1-3H3,(H,15,16). The second-order valence-corrected chi connectivity index (χ2v) is 5.93. The molecular weight excluding hydrogens is 309 g/mol. The van der Waals surface area contributed by atoms with Crippen LogP contribution in [-0.2, 0) is 4.79 Å². The van der Waals surface area contributed by atoms with E-state index in [1.54, 1.807) is 26.8 Å². The number of aliphatic carboxylic acids is 1. The van der Waals surface area contributed by atoms with Crippen molar-refractivity contribution < 1.29 is 14.6 Å². The molecule has 1 aromatic heterocycles. The first-order valence-corrected chi connectivity index (χ1v) is 6.09. The van der Waals surface area contributed by atoms with Crippen LogP contribution in [0.15, 0.2) is 16.7 Å². The van der Waals surface area contributed by atoms with Crippen molar-refractivity contribution in [2.45, 2.75) is 26.9 Å².